The molecule has 4 N–H and O–H groups in total. The summed E-state index contributed by atoms with van der Waals surface area (Å²) in [5.74, 6) is 3.46. The first kappa shape index (κ1) is 33.5. The molecule has 0 fully saturated rings. The second-order valence-corrected chi connectivity index (χ2v) is 11.3. The van der Waals surface area contributed by atoms with Gasteiger partial charge in [0.25, 0.3) is 0 Å². The van der Waals surface area contributed by atoms with Crippen molar-refractivity contribution >= 4 is 30.0 Å². The second kappa shape index (κ2) is 16.6. The quantitative estimate of drug-likeness (QED) is 0.109. The Labute approximate surface area is 255 Å². The minimum absolute atomic E-state index is 0.0673. The SMILES string of the molecule is CCCC(C[C@@H](C)CC)(C(=O)NN)C(=O)[C@@H]([C@H](C/C=C/c1ccccc1)C(=O)NOCc1ccccc1)N1CN(C)C=N1. The van der Waals surface area contributed by atoms with Gasteiger partial charge in [-0.25, -0.2) is 11.3 Å². The number of hydrogen-bond donors (Lipinski definition) is 3. The molecule has 0 aliphatic carbocycles. The van der Waals surface area contributed by atoms with E-state index in [2.05, 4.69) is 16.0 Å². The number of hydrazine groups is 1. The first-order chi connectivity index (χ1) is 20.7. The van der Waals surface area contributed by atoms with Crippen LogP contribution in [0.5, 0.6) is 0 Å². The Balaban J connectivity index is 2.04. The molecule has 0 saturated heterocycles. The summed E-state index contributed by atoms with van der Waals surface area (Å²) in [6, 6.07) is 18.1. The molecule has 0 aromatic heterocycles. The van der Waals surface area contributed by atoms with Crippen LogP contribution >= 0.6 is 0 Å². The maximum Gasteiger partial charge on any atom is 0.249 e. The van der Waals surface area contributed by atoms with E-state index in [0.717, 1.165) is 17.5 Å². The van der Waals surface area contributed by atoms with Crippen LogP contribution in [0.2, 0.25) is 0 Å². The van der Waals surface area contributed by atoms with Crippen molar-refractivity contribution in [3.63, 3.8) is 0 Å². The van der Waals surface area contributed by atoms with Crippen LogP contribution in [0.4, 0.5) is 0 Å². The molecular weight excluding hydrogens is 544 g/mol. The third-order valence-corrected chi connectivity index (χ3v) is 7.94. The molecule has 1 heterocycles. The van der Waals surface area contributed by atoms with E-state index in [1.807, 2.05) is 106 Å². The number of allylic oxidation sites excluding steroid dienone is 1. The Morgan fingerprint density at radius 3 is 2.35 bits per heavy atom. The van der Waals surface area contributed by atoms with Crippen LogP contribution in [0, 0.1) is 17.3 Å². The number of nitrogens with two attached hydrogens (primary N) is 1. The van der Waals surface area contributed by atoms with Crippen LogP contribution in [0.15, 0.2) is 71.8 Å². The Morgan fingerprint density at radius 1 is 1.09 bits per heavy atom. The Morgan fingerprint density at radius 2 is 1.77 bits per heavy atom. The molecule has 1 aliphatic rings. The highest BCUT2D eigenvalue weighted by Gasteiger charge is 2.52. The third kappa shape index (κ3) is 8.98. The fourth-order valence-corrected chi connectivity index (χ4v) is 5.51. The fraction of sp³-hybridized carbons (Fsp3) is 0.455. The maximum atomic E-state index is 14.9. The number of Topliss-reactive ketones (excluding diaryl/α,β-unsaturated/α-hetero) is 1. The average Bonchev–Trinajstić information content (AvgIpc) is 3.45. The first-order valence-corrected chi connectivity index (χ1v) is 15.0. The molecule has 10 nitrogen and oxygen atoms in total. The van der Waals surface area contributed by atoms with Gasteiger partial charge in [-0.1, -0.05) is 106 Å². The van der Waals surface area contributed by atoms with Crippen LogP contribution in [0.1, 0.15) is 64.0 Å². The van der Waals surface area contributed by atoms with Gasteiger partial charge in [0.1, 0.15) is 24.5 Å². The summed E-state index contributed by atoms with van der Waals surface area (Å²) in [5.41, 5.74) is 5.27. The largest absolute Gasteiger partial charge is 0.345 e. The van der Waals surface area contributed by atoms with Crippen molar-refractivity contribution in [3.05, 3.63) is 77.9 Å². The van der Waals surface area contributed by atoms with Gasteiger partial charge in [0.05, 0.1) is 12.5 Å². The zero-order valence-corrected chi connectivity index (χ0v) is 25.7. The summed E-state index contributed by atoms with van der Waals surface area (Å²) < 4.78 is 0. The molecule has 0 radical (unpaired) electrons. The van der Waals surface area contributed by atoms with Crippen molar-refractivity contribution in [2.24, 2.45) is 28.2 Å². The summed E-state index contributed by atoms with van der Waals surface area (Å²) in [6.07, 6.45) is 7.57. The van der Waals surface area contributed by atoms with Gasteiger partial charge < -0.3 is 4.90 Å². The van der Waals surface area contributed by atoms with E-state index in [4.69, 9.17) is 10.7 Å². The molecule has 4 atom stereocenters. The standard InChI is InChI=1S/C33H46N6O4/c1-5-20-33(32(42)36-34,21-25(3)6-2)30(40)29(39-24-38(4)23-35-39)28(19-13-18-26-14-9-7-10-15-26)31(41)37-43-22-27-16-11-8-12-17-27/h7-18,23,25,28-29H,5-6,19-22,24,34H2,1-4H3,(H,36,42)(H,37,41)/b18-13+/t25-,28-,29+,33?/m0/s1. The van der Waals surface area contributed by atoms with Crippen molar-refractivity contribution in [2.45, 2.75) is 65.5 Å². The molecule has 2 aromatic carbocycles. The van der Waals surface area contributed by atoms with E-state index in [1.165, 1.54) is 0 Å². The number of rotatable bonds is 17. The smallest absolute Gasteiger partial charge is 0.249 e. The average molecular weight is 591 g/mol. The fourth-order valence-electron chi connectivity index (χ4n) is 5.51. The molecule has 0 bridgehead atoms. The molecule has 1 aliphatic heterocycles. The van der Waals surface area contributed by atoms with Gasteiger partial charge in [0.2, 0.25) is 11.8 Å². The van der Waals surface area contributed by atoms with E-state index in [9.17, 15) is 14.4 Å². The minimum Gasteiger partial charge on any atom is -0.345 e. The van der Waals surface area contributed by atoms with Crippen LogP contribution < -0.4 is 16.7 Å². The predicted molar refractivity (Wildman–Crippen MR) is 168 cm³/mol. The molecule has 0 spiro atoms. The summed E-state index contributed by atoms with van der Waals surface area (Å²) in [6.45, 7) is 6.42. The lowest BCUT2D eigenvalue weighted by Crippen LogP contribution is -2.59. The third-order valence-electron chi connectivity index (χ3n) is 7.94. The number of ketones is 1. The minimum atomic E-state index is -1.44. The van der Waals surface area contributed by atoms with Crippen LogP contribution in [-0.2, 0) is 25.8 Å². The molecule has 2 amide bonds. The lowest BCUT2D eigenvalue weighted by Gasteiger charge is -2.39. The molecule has 10 heteroatoms. The van der Waals surface area contributed by atoms with E-state index in [1.54, 1.807) is 11.3 Å². The van der Waals surface area contributed by atoms with Crippen LogP contribution in [0.3, 0.4) is 0 Å². The second-order valence-electron chi connectivity index (χ2n) is 11.3. The number of hydroxylamine groups is 1. The summed E-state index contributed by atoms with van der Waals surface area (Å²) >= 11 is 0. The number of hydrazone groups is 1. The Kier molecular flexibility index (Phi) is 12.9. The van der Waals surface area contributed by atoms with Gasteiger partial charge in [0, 0.05) is 7.05 Å². The van der Waals surface area contributed by atoms with Gasteiger partial charge in [-0.05, 0) is 36.3 Å². The number of benzene rings is 2. The number of hydrogen-bond acceptors (Lipinski definition) is 8. The van der Waals surface area contributed by atoms with Crippen molar-refractivity contribution in [1.82, 2.24) is 20.8 Å². The lowest BCUT2D eigenvalue weighted by molar-refractivity contribution is -0.154. The Hall–Kier alpha value is -4.02. The van der Waals surface area contributed by atoms with Crippen LogP contribution in [-0.4, -0.2) is 53.6 Å². The van der Waals surface area contributed by atoms with Crippen molar-refractivity contribution in [1.29, 1.82) is 0 Å². The monoisotopic (exact) mass is 590 g/mol. The highest BCUT2D eigenvalue weighted by Crippen LogP contribution is 2.39. The zero-order valence-electron chi connectivity index (χ0n) is 25.7. The predicted octanol–water partition coefficient (Wildman–Crippen LogP) is 4.25. The number of carbonyl (C=O) groups is 3. The zero-order chi connectivity index (χ0) is 31.2. The van der Waals surface area contributed by atoms with Gasteiger partial charge in [-0.15, -0.1) is 0 Å². The molecule has 1 unspecified atom stereocenters. The lowest BCUT2D eigenvalue weighted by atomic mass is 9.67. The molecular formula is C33H46N6O4. The number of nitrogens with zero attached hydrogens (tertiary/aromatic N) is 3. The van der Waals surface area contributed by atoms with Crippen LogP contribution in [0.25, 0.3) is 6.08 Å². The number of nitrogens with one attached hydrogen (secondary N) is 2. The first-order valence-electron chi connectivity index (χ1n) is 15.0. The van der Waals surface area contributed by atoms with Gasteiger partial charge in [-0.3, -0.25) is 29.7 Å². The number of carbonyl (C=O) groups excluding carboxylic acids is 3. The highest BCUT2D eigenvalue weighted by molar-refractivity contribution is 6.09. The Bertz CT molecular complexity index is 1240. The molecule has 232 valence electrons. The van der Waals surface area contributed by atoms with E-state index in [0.29, 0.717) is 19.3 Å². The normalized spacial score (nSPS) is 16.5. The molecule has 43 heavy (non-hydrogen) atoms. The molecule has 3 rings (SSSR count). The summed E-state index contributed by atoms with van der Waals surface area (Å²) in [5, 5.41) is 6.10. The van der Waals surface area contributed by atoms with E-state index >= 15 is 0 Å². The van der Waals surface area contributed by atoms with Gasteiger partial charge >= 0.3 is 0 Å². The molecule has 0 saturated carbocycles. The van der Waals surface area contributed by atoms with Crippen molar-refractivity contribution in [2.75, 3.05) is 13.7 Å². The maximum absolute atomic E-state index is 14.9. The topological polar surface area (TPSA) is 129 Å². The highest BCUT2D eigenvalue weighted by atomic mass is 16.6. The van der Waals surface area contributed by atoms with Crippen molar-refractivity contribution in [3.8, 4) is 0 Å². The summed E-state index contributed by atoms with van der Waals surface area (Å²) in [7, 11) is 1.84. The van der Waals surface area contributed by atoms with Gasteiger partial charge in [-0.2, -0.15) is 5.10 Å². The van der Waals surface area contributed by atoms with E-state index < -0.39 is 29.2 Å². The van der Waals surface area contributed by atoms with Crippen molar-refractivity contribution < 1.29 is 19.2 Å². The summed E-state index contributed by atoms with van der Waals surface area (Å²) in [4.78, 5) is 49.8. The number of amides is 2. The van der Waals surface area contributed by atoms with Gasteiger partial charge in [0.15, 0.2) is 5.78 Å². The van der Waals surface area contributed by atoms with E-state index in [-0.39, 0.29) is 31.4 Å². The molecule has 2 aromatic rings.